The highest BCUT2D eigenvalue weighted by Gasteiger charge is 2.19. The molecule has 0 fully saturated rings. The number of fused-ring (bicyclic) bond motifs is 9. The second kappa shape index (κ2) is 13.7. The van der Waals surface area contributed by atoms with Crippen LogP contribution in [0.4, 0.5) is 0 Å². The summed E-state index contributed by atoms with van der Waals surface area (Å²) in [5.41, 5.74) is 12.0. The first kappa shape index (κ1) is 34.0. The highest BCUT2D eigenvalue weighted by atomic mass is 32.1. The number of benzene rings is 7. The van der Waals surface area contributed by atoms with Crippen LogP contribution in [0.3, 0.4) is 0 Å². The van der Waals surface area contributed by atoms with Gasteiger partial charge in [0.2, 0.25) is 0 Å². The molecule has 4 heterocycles. The van der Waals surface area contributed by atoms with Gasteiger partial charge in [0, 0.05) is 64.2 Å². The number of hydrogen-bond acceptors (Lipinski definition) is 3. The van der Waals surface area contributed by atoms with Gasteiger partial charge in [0.15, 0.2) is 5.82 Å². The van der Waals surface area contributed by atoms with Gasteiger partial charge in [0.25, 0.3) is 0 Å². The van der Waals surface area contributed by atoms with Gasteiger partial charge in [0.05, 0.1) is 33.5 Å². The van der Waals surface area contributed by atoms with Crippen molar-refractivity contribution < 1.29 is 0 Å². The molecule has 58 heavy (non-hydrogen) atoms. The third-order valence-electron chi connectivity index (χ3n) is 11.2. The lowest BCUT2D eigenvalue weighted by Crippen LogP contribution is -1.98. The molecule has 0 N–H and O–H groups in total. The lowest BCUT2D eigenvalue weighted by molar-refractivity contribution is 1.12. The molecule has 0 saturated carbocycles. The topological polar surface area (TPSA) is 35.6 Å². The van der Waals surface area contributed by atoms with E-state index in [-0.39, 0.29) is 0 Å². The summed E-state index contributed by atoms with van der Waals surface area (Å²) in [5.74, 6) is 0.700. The fourth-order valence-corrected chi connectivity index (χ4v) is 9.63. The van der Waals surface area contributed by atoms with Crippen molar-refractivity contribution in [1.29, 1.82) is 0 Å². The van der Waals surface area contributed by atoms with E-state index >= 15 is 0 Å². The maximum absolute atomic E-state index is 5.06. The molecule has 0 saturated heterocycles. The van der Waals surface area contributed by atoms with Crippen LogP contribution in [0.2, 0.25) is 0 Å². The van der Waals surface area contributed by atoms with E-state index in [4.69, 9.17) is 9.97 Å². The summed E-state index contributed by atoms with van der Waals surface area (Å²) < 4.78 is 7.38. The monoisotopic (exact) mass is 760 g/mol. The van der Waals surface area contributed by atoms with Gasteiger partial charge >= 0.3 is 0 Å². The molecule has 11 aromatic rings. The number of hydrogen-bond donors (Lipinski definition) is 0. The molecular formula is C53H36N4S. The molecule has 4 aromatic heterocycles. The van der Waals surface area contributed by atoms with Crippen LogP contribution in [0.15, 0.2) is 195 Å². The molecule has 274 valence electrons. The minimum Gasteiger partial charge on any atom is -0.309 e. The Hall–Kier alpha value is -7.34. The smallest absolute Gasteiger partial charge is 0.156 e. The number of nitrogens with zero attached hydrogens (tertiary/aromatic N) is 4. The second-order valence-corrected chi connectivity index (χ2v) is 15.8. The third-order valence-corrected chi connectivity index (χ3v) is 12.4. The highest BCUT2D eigenvalue weighted by Crippen LogP contribution is 2.44. The summed E-state index contributed by atoms with van der Waals surface area (Å²) in [6.45, 7) is 5.84. The Balaban J connectivity index is 1.06. The molecule has 0 unspecified atom stereocenters. The van der Waals surface area contributed by atoms with Gasteiger partial charge in [-0.1, -0.05) is 128 Å². The summed E-state index contributed by atoms with van der Waals surface area (Å²) in [4.78, 5) is 10.0. The first-order valence-electron chi connectivity index (χ1n) is 19.5. The molecule has 0 radical (unpaired) electrons. The minimum atomic E-state index is 0.700. The Kier molecular flexibility index (Phi) is 8.02. The summed E-state index contributed by atoms with van der Waals surface area (Å²) >= 11 is 1.87. The number of aromatic nitrogens is 4. The largest absolute Gasteiger partial charge is 0.309 e. The van der Waals surface area contributed by atoms with E-state index in [2.05, 4.69) is 161 Å². The molecule has 4 nitrogen and oxygen atoms in total. The lowest BCUT2D eigenvalue weighted by atomic mass is 10.1. The second-order valence-electron chi connectivity index (χ2n) is 14.7. The zero-order valence-electron chi connectivity index (χ0n) is 31.8. The molecule has 0 aliphatic rings. The summed E-state index contributed by atoms with van der Waals surface area (Å²) in [6, 6.07) is 59.1. The van der Waals surface area contributed by atoms with Crippen molar-refractivity contribution in [2.45, 2.75) is 6.92 Å². The van der Waals surface area contributed by atoms with Crippen molar-refractivity contribution in [1.82, 2.24) is 19.1 Å². The molecule has 5 heteroatoms. The molecule has 0 bridgehead atoms. The van der Waals surface area contributed by atoms with Crippen LogP contribution >= 0.6 is 11.3 Å². The van der Waals surface area contributed by atoms with Crippen LogP contribution in [0.5, 0.6) is 0 Å². The van der Waals surface area contributed by atoms with Gasteiger partial charge in [0.1, 0.15) is 0 Å². The first-order valence-corrected chi connectivity index (χ1v) is 20.3. The van der Waals surface area contributed by atoms with Crippen LogP contribution in [0.25, 0.3) is 103 Å². The Morgan fingerprint density at radius 2 is 0.983 bits per heavy atom. The van der Waals surface area contributed by atoms with E-state index in [1.807, 2.05) is 54.7 Å². The van der Waals surface area contributed by atoms with Crippen molar-refractivity contribution in [2.75, 3.05) is 0 Å². The van der Waals surface area contributed by atoms with Gasteiger partial charge < -0.3 is 9.13 Å². The Labute approximate surface area is 339 Å². The fourth-order valence-electron chi connectivity index (χ4n) is 8.50. The fraction of sp³-hybridized carbons (Fsp3) is 0.0189. The molecule has 7 aromatic carbocycles. The lowest BCUT2D eigenvalue weighted by Gasteiger charge is -2.11. The van der Waals surface area contributed by atoms with Gasteiger partial charge in [-0.05, 0) is 79.2 Å². The molecule has 0 amide bonds. The van der Waals surface area contributed by atoms with Crippen LogP contribution < -0.4 is 0 Å². The average Bonchev–Trinajstić information content (AvgIpc) is 3.91. The maximum Gasteiger partial charge on any atom is 0.156 e. The molecular weight excluding hydrogens is 725 g/mol. The predicted molar refractivity (Wildman–Crippen MR) is 247 cm³/mol. The number of rotatable bonds is 7. The van der Waals surface area contributed by atoms with Crippen LogP contribution in [0.1, 0.15) is 12.7 Å². The summed E-state index contributed by atoms with van der Waals surface area (Å²) in [7, 11) is 0. The number of allylic oxidation sites excluding steroid dienone is 5. The highest BCUT2D eigenvalue weighted by molar-refractivity contribution is 7.26. The van der Waals surface area contributed by atoms with Crippen molar-refractivity contribution >= 4 is 80.7 Å². The van der Waals surface area contributed by atoms with Crippen LogP contribution in [-0.2, 0) is 0 Å². The van der Waals surface area contributed by atoms with E-state index in [0.29, 0.717) is 5.82 Å². The van der Waals surface area contributed by atoms with E-state index < -0.39 is 0 Å². The van der Waals surface area contributed by atoms with Crippen LogP contribution in [0, 0.1) is 0 Å². The van der Waals surface area contributed by atoms with E-state index in [1.165, 1.54) is 69.5 Å². The summed E-state index contributed by atoms with van der Waals surface area (Å²) in [6.07, 6.45) is 7.68. The number of thiophene rings is 1. The average molecular weight is 761 g/mol. The Bertz CT molecular complexity index is 3450. The van der Waals surface area contributed by atoms with E-state index in [9.17, 15) is 0 Å². The van der Waals surface area contributed by atoms with Crippen molar-refractivity contribution in [3.05, 3.63) is 200 Å². The van der Waals surface area contributed by atoms with Crippen molar-refractivity contribution in [3.8, 4) is 33.9 Å². The zero-order valence-corrected chi connectivity index (χ0v) is 32.6. The zero-order chi connectivity index (χ0) is 38.7. The quantitative estimate of drug-likeness (QED) is 0.152. The predicted octanol–water partition coefficient (Wildman–Crippen LogP) is 14.5. The SMILES string of the molecule is C=C/C=C\C=C(/C)c1nc(-c2ccccc2)cc(-c2ccc(-n3c4ccccc4c4cc5c(cc43)sc3cc4c(cc35)c3ccccc3n4-c3ccccc3)cc2)n1. The molecule has 0 aliphatic carbocycles. The van der Waals surface area contributed by atoms with Gasteiger partial charge in [-0.15, -0.1) is 11.3 Å². The third kappa shape index (κ3) is 5.51. The normalized spacial score (nSPS) is 12.3. The molecule has 0 aliphatic heterocycles. The number of para-hydroxylation sites is 3. The Morgan fingerprint density at radius 3 is 1.55 bits per heavy atom. The van der Waals surface area contributed by atoms with Crippen LogP contribution in [-0.4, -0.2) is 19.1 Å². The summed E-state index contributed by atoms with van der Waals surface area (Å²) in [5, 5.41) is 7.63. The molecule has 11 rings (SSSR count). The van der Waals surface area contributed by atoms with Crippen molar-refractivity contribution in [3.63, 3.8) is 0 Å². The van der Waals surface area contributed by atoms with E-state index in [1.54, 1.807) is 6.08 Å². The molecule has 0 atom stereocenters. The standard InChI is InChI=1S/C53H36N4S/c1-3-4-7-16-34(2)53-54-45(35-17-8-5-9-18-35)31-46(55-53)36-25-27-38(28-26-36)57-48-24-15-13-22-40(48)42-30-44-43-29-41-39-21-12-14-23-47(39)56(37-19-10-6-11-20-37)49(41)32-51(43)58-52(44)33-50(42)57/h3-33H,1H2,2H3/b7-4-,34-16+. The Morgan fingerprint density at radius 1 is 0.483 bits per heavy atom. The van der Waals surface area contributed by atoms with Crippen molar-refractivity contribution in [2.24, 2.45) is 0 Å². The van der Waals surface area contributed by atoms with E-state index in [0.717, 1.165) is 33.8 Å². The van der Waals surface area contributed by atoms with Gasteiger partial charge in [-0.2, -0.15) is 0 Å². The maximum atomic E-state index is 5.06. The molecule has 0 spiro atoms. The van der Waals surface area contributed by atoms with Gasteiger partial charge in [-0.25, -0.2) is 9.97 Å². The first-order chi connectivity index (χ1) is 28.6. The minimum absolute atomic E-state index is 0.700. The van der Waals surface area contributed by atoms with Gasteiger partial charge in [-0.3, -0.25) is 0 Å².